The van der Waals surface area contributed by atoms with Gasteiger partial charge >= 0.3 is 0 Å². The van der Waals surface area contributed by atoms with Gasteiger partial charge in [-0.05, 0) is 24.1 Å². The lowest BCUT2D eigenvalue weighted by atomic mass is 9.91. The number of carbonyl (C=O) groups excluding carboxylic acids is 1. The van der Waals surface area contributed by atoms with Gasteiger partial charge in [0.2, 0.25) is 5.91 Å². The Balaban J connectivity index is 2.13. The van der Waals surface area contributed by atoms with E-state index in [2.05, 4.69) is 5.32 Å². The molecule has 0 radical (unpaired) electrons. The third kappa shape index (κ3) is 3.89. The quantitative estimate of drug-likeness (QED) is 0.856. The molecule has 0 bridgehead atoms. The molecule has 0 spiro atoms. The standard InChI is InChI=1S/C17H19FN2O/c1-17(16(19)21,11-14-9-5-6-10-15(14)18)20-12-13-7-3-2-4-8-13/h2-10,20H,11-12H2,1H3,(H2,19,21). The zero-order chi connectivity index (χ0) is 15.3. The summed E-state index contributed by atoms with van der Waals surface area (Å²) in [5, 5.41) is 3.15. The van der Waals surface area contributed by atoms with Crippen LogP contribution in [0.1, 0.15) is 18.1 Å². The number of rotatable bonds is 6. The minimum atomic E-state index is -1.00. The van der Waals surface area contributed by atoms with Crippen LogP contribution in [0.25, 0.3) is 0 Å². The highest BCUT2D eigenvalue weighted by Gasteiger charge is 2.31. The number of carbonyl (C=O) groups is 1. The number of nitrogens with one attached hydrogen (secondary N) is 1. The Labute approximate surface area is 124 Å². The zero-order valence-electron chi connectivity index (χ0n) is 12.0. The summed E-state index contributed by atoms with van der Waals surface area (Å²) in [6.07, 6.45) is 0.210. The van der Waals surface area contributed by atoms with Crippen LogP contribution in [0.3, 0.4) is 0 Å². The van der Waals surface area contributed by atoms with Crippen molar-refractivity contribution in [3.8, 4) is 0 Å². The number of primary amides is 1. The summed E-state index contributed by atoms with van der Waals surface area (Å²) in [4.78, 5) is 11.8. The molecular formula is C17H19FN2O. The maximum absolute atomic E-state index is 13.8. The average Bonchev–Trinajstić information content (AvgIpc) is 2.48. The smallest absolute Gasteiger partial charge is 0.237 e. The van der Waals surface area contributed by atoms with Crippen LogP contribution in [0.15, 0.2) is 54.6 Å². The van der Waals surface area contributed by atoms with Crippen LogP contribution in [0, 0.1) is 5.82 Å². The highest BCUT2D eigenvalue weighted by atomic mass is 19.1. The molecule has 1 unspecified atom stereocenters. The molecule has 110 valence electrons. The summed E-state index contributed by atoms with van der Waals surface area (Å²) in [6, 6.07) is 16.1. The minimum Gasteiger partial charge on any atom is -0.368 e. The van der Waals surface area contributed by atoms with Gasteiger partial charge in [-0.25, -0.2) is 4.39 Å². The fourth-order valence-corrected chi connectivity index (χ4v) is 2.15. The summed E-state index contributed by atoms with van der Waals surface area (Å²) in [7, 11) is 0. The van der Waals surface area contributed by atoms with Crippen molar-refractivity contribution >= 4 is 5.91 Å². The first-order valence-electron chi connectivity index (χ1n) is 6.83. The van der Waals surface area contributed by atoms with E-state index in [1.54, 1.807) is 25.1 Å². The van der Waals surface area contributed by atoms with E-state index in [9.17, 15) is 9.18 Å². The number of nitrogens with two attached hydrogens (primary N) is 1. The van der Waals surface area contributed by atoms with Crippen molar-refractivity contribution in [1.29, 1.82) is 0 Å². The molecule has 0 aliphatic rings. The van der Waals surface area contributed by atoms with Gasteiger partial charge < -0.3 is 5.73 Å². The van der Waals surface area contributed by atoms with Crippen LogP contribution in [-0.2, 0) is 17.8 Å². The molecule has 2 rings (SSSR count). The van der Waals surface area contributed by atoms with E-state index in [4.69, 9.17) is 5.73 Å². The molecule has 0 aliphatic carbocycles. The van der Waals surface area contributed by atoms with Crippen molar-refractivity contribution in [3.63, 3.8) is 0 Å². The van der Waals surface area contributed by atoms with Crippen LogP contribution in [-0.4, -0.2) is 11.4 Å². The van der Waals surface area contributed by atoms with E-state index < -0.39 is 11.4 Å². The van der Waals surface area contributed by atoms with Gasteiger partial charge in [-0.2, -0.15) is 0 Å². The Morgan fingerprint density at radius 1 is 1.14 bits per heavy atom. The second-order valence-corrected chi connectivity index (χ2v) is 5.30. The molecule has 3 N–H and O–H groups in total. The Kier molecular flexibility index (Phi) is 4.70. The van der Waals surface area contributed by atoms with Gasteiger partial charge in [0.05, 0.1) is 5.54 Å². The van der Waals surface area contributed by atoms with Crippen LogP contribution in [0.4, 0.5) is 4.39 Å². The lowest BCUT2D eigenvalue weighted by Gasteiger charge is -2.28. The largest absolute Gasteiger partial charge is 0.368 e. The predicted molar refractivity (Wildman–Crippen MR) is 81.0 cm³/mol. The maximum atomic E-state index is 13.8. The van der Waals surface area contributed by atoms with E-state index in [0.29, 0.717) is 12.1 Å². The molecule has 1 atom stereocenters. The number of amides is 1. The van der Waals surface area contributed by atoms with E-state index in [-0.39, 0.29) is 12.2 Å². The summed E-state index contributed by atoms with van der Waals surface area (Å²) >= 11 is 0. The van der Waals surface area contributed by atoms with E-state index in [1.807, 2.05) is 30.3 Å². The van der Waals surface area contributed by atoms with Gasteiger partial charge in [0, 0.05) is 13.0 Å². The highest BCUT2D eigenvalue weighted by molar-refractivity contribution is 5.84. The van der Waals surface area contributed by atoms with Gasteiger partial charge in [0.1, 0.15) is 5.82 Å². The van der Waals surface area contributed by atoms with E-state index in [1.165, 1.54) is 6.07 Å². The third-order valence-corrected chi connectivity index (χ3v) is 3.57. The van der Waals surface area contributed by atoms with Crippen LogP contribution < -0.4 is 11.1 Å². The van der Waals surface area contributed by atoms with Gasteiger partial charge in [0.15, 0.2) is 0 Å². The van der Waals surface area contributed by atoms with Gasteiger partial charge in [-0.3, -0.25) is 10.1 Å². The van der Waals surface area contributed by atoms with Gasteiger partial charge in [-0.1, -0.05) is 48.5 Å². The van der Waals surface area contributed by atoms with E-state index >= 15 is 0 Å². The van der Waals surface area contributed by atoms with Crippen molar-refractivity contribution < 1.29 is 9.18 Å². The Hall–Kier alpha value is -2.20. The first-order valence-corrected chi connectivity index (χ1v) is 6.83. The summed E-state index contributed by atoms with van der Waals surface area (Å²) in [5.41, 5.74) is 6.02. The van der Waals surface area contributed by atoms with Crippen molar-refractivity contribution in [2.24, 2.45) is 5.73 Å². The van der Waals surface area contributed by atoms with Crippen molar-refractivity contribution in [2.75, 3.05) is 0 Å². The van der Waals surface area contributed by atoms with Crippen LogP contribution in [0.2, 0.25) is 0 Å². The SMILES string of the molecule is CC(Cc1ccccc1F)(NCc1ccccc1)C(N)=O. The topological polar surface area (TPSA) is 55.1 Å². The highest BCUT2D eigenvalue weighted by Crippen LogP contribution is 2.17. The molecule has 0 fully saturated rings. The Morgan fingerprint density at radius 3 is 2.38 bits per heavy atom. The minimum absolute atomic E-state index is 0.210. The molecule has 0 aromatic heterocycles. The molecule has 2 aromatic carbocycles. The second kappa shape index (κ2) is 6.50. The number of benzene rings is 2. The lowest BCUT2D eigenvalue weighted by molar-refractivity contribution is -0.123. The molecular weight excluding hydrogens is 267 g/mol. The summed E-state index contributed by atoms with van der Waals surface area (Å²) < 4.78 is 13.8. The van der Waals surface area contributed by atoms with Gasteiger partial charge in [-0.15, -0.1) is 0 Å². The molecule has 1 amide bonds. The van der Waals surface area contributed by atoms with E-state index in [0.717, 1.165) is 5.56 Å². The zero-order valence-corrected chi connectivity index (χ0v) is 12.0. The van der Waals surface area contributed by atoms with Crippen LogP contribution >= 0.6 is 0 Å². The van der Waals surface area contributed by atoms with Crippen molar-refractivity contribution in [2.45, 2.75) is 25.4 Å². The molecule has 0 aliphatic heterocycles. The molecule has 0 saturated carbocycles. The van der Waals surface area contributed by atoms with Crippen molar-refractivity contribution in [1.82, 2.24) is 5.32 Å². The number of halogens is 1. The molecule has 0 heterocycles. The maximum Gasteiger partial charge on any atom is 0.237 e. The molecule has 0 saturated heterocycles. The monoisotopic (exact) mass is 286 g/mol. The van der Waals surface area contributed by atoms with Crippen LogP contribution in [0.5, 0.6) is 0 Å². The summed E-state index contributed by atoms with van der Waals surface area (Å²) in [6.45, 7) is 2.19. The normalized spacial score (nSPS) is 13.6. The average molecular weight is 286 g/mol. The number of hydrogen-bond acceptors (Lipinski definition) is 2. The van der Waals surface area contributed by atoms with Crippen molar-refractivity contribution in [3.05, 3.63) is 71.5 Å². The molecule has 4 heteroatoms. The lowest BCUT2D eigenvalue weighted by Crippen LogP contribution is -2.54. The Bertz CT molecular complexity index is 615. The molecule has 2 aromatic rings. The summed E-state index contributed by atoms with van der Waals surface area (Å²) in [5.74, 6) is -0.826. The number of hydrogen-bond donors (Lipinski definition) is 2. The fourth-order valence-electron chi connectivity index (χ4n) is 2.15. The Morgan fingerprint density at radius 2 is 1.76 bits per heavy atom. The first kappa shape index (κ1) is 15.2. The van der Waals surface area contributed by atoms with Gasteiger partial charge in [0.25, 0.3) is 0 Å². The second-order valence-electron chi connectivity index (χ2n) is 5.30. The molecule has 21 heavy (non-hydrogen) atoms. The first-order chi connectivity index (χ1) is 10.0. The fraction of sp³-hybridized carbons (Fsp3) is 0.235. The third-order valence-electron chi connectivity index (χ3n) is 3.57. The molecule has 3 nitrogen and oxygen atoms in total. The predicted octanol–water partition coefficient (Wildman–Crippen LogP) is 2.40.